The number of carbonyl (C=O) groups excluding carboxylic acids is 2. The van der Waals surface area contributed by atoms with Gasteiger partial charge in [-0.1, -0.05) is 18.2 Å². The van der Waals surface area contributed by atoms with Gasteiger partial charge < -0.3 is 15.8 Å². The molecule has 0 aliphatic heterocycles. The summed E-state index contributed by atoms with van der Waals surface area (Å²) in [6.07, 6.45) is 1.95. The van der Waals surface area contributed by atoms with Crippen molar-refractivity contribution in [1.29, 1.82) is 0 Å². The average Bonchev–Trinajstić information content (AvgIpc) is 3.50. The summed E-state index contributed by atoms with van der Waals surface area (Å²) in [6.45, 7) is 1.81. The van der Waals surface area contributed by atoms with E-state index in [0.717, 1.165) is 18.9 Å². The lowest BCUT2D eigenvalue weighted by molar-refractivity contribution is -0.118. The Morgan fingerprint density at radius 3 is 2.55 bits per heavy atom. The zero-order valence-electron chi connectivity index (χ0n) is 16.4. The molecule has 1 aliphatic rings. The first-order chi connectivity index (χ1) is 13.8. The van der Waals surface area contributed by atoms with Crippen molar-refractivity contribution in [3.05, 3.63) is 64.7 Å². The number of nitrogens with two attached hydrogens (primary N) is 1. The Labute approximate surface area is 168 Å². The zero-order chi connectivity index (χ0) is 21.1. The first-order valence-electron chi connectivity index (χ1n) is 9.52. The fourth-order valence-electron chi connectivity index (χ4n) is 3.55. The van der Waals surface area contributed by atoms with E-state index in [-0.39, 0.29) is 41.3 Å². The Kier molecular flexibility index (Phi) is 6.27. The Bertz CT molecular complexity index is 928. The molecule has 154 valence electrons. The molecule has 1 saturated carbocycles. The Morgan fingerprint density at radius 1 is 1.24 bits per heavy atom. The monoisotopic (exact) mass is 402 g/mol. The van der Waals surface area contributed by atoms with Gasteiger partial charge in [0, 0.05) is 29.6 Å². The maximum absolute atomic E-state index is 15.6. The predicted molar refractivity (Wildman–Crippen MR) is 105 cm³/mol. The van der Waals surface area contributed by atoms with Crippen LogP contribution in [0.1, 0.15) is 53.7 Å². The molecule has 0 saturated heterocycles. The summed E-state index contributed by atoms with van der Waals surface area (Å²) in [7, 11) is 1.35. The molecule has 0 unspecified atom stereocenters. The molecule has 5 nitrogen and oxygen atoms in total. The number of ether oxygens (including phenoxy) is 1. The molecule has 2 aromatic carbocycles. The second-order valence-electron chi connectivity index (χ2n) is 7.44. The van der Waals surface area contributed by atoms with E-state index < -0.39 is 23.3 Å². The molecule has 0 radical (unpaired) electrons. The quantitative estimate of drug-likeness (QED) is 0.629. The standard InChI is InChI=1S/C22H24F2N2O3/c1-12(10-18(25)27)26-21(13-6-7-13)16-8-9-17(29-2)19(20(16)24)22(28)14-4-3-5-15(23)11-14/h3-5,8-9,11-13,21,26H,6-7,10H2,1-2H3,(H2,25,27)/t12-,21+/m0/s1. The smallest absolute Gasteiger partial charge is 0.218 e. The van der Waals surface area contributed by atoms with Crippen LogP contribution >= 0.6 is 0 Å². The molecule has 0 aromatic heterocycles. The fraction of sp³-hybridized carbons (Fsp3) is 0.364. The SMILES string of the molecule is COc1ccc([C@H](N[C@@H](C)CC(N)=O)C2CC2)c(F)c1C(=O)c1cccc(F)c1. The zero-order valence-corrected chi connectivity index (χ0v) is 16.4. The number of halogens is 2. The van der Waals surface area contributed by atoms with E-state index in [1.165, 1.54) is 25.3 Å². The van der Waals surface area contributed by atoms with Crippen molar-refractivity contribution in [1.82, 2.24) is 5.32 Å². The summed E-state index contributed by atoms with van der Waals surface area (Å²) >= 11 is 0. The van der Waals surface area contributed by atoms with E-state index in [4.69, 9.17) is 10.5 Å². The van der Waals surface area contributed by atoms with E-state index in [1.54, 1.807) is 19.1 Å². The summed E-state index contributed by atoms with van der Waals surface area (Å²) in [5.74, 6) is -2.10. The van der Waals surface area contributed by atoms with E-state index >= 15 is 4.39 Å². The Balaban J connectivity index is 2.01. The third-order valence-corrected chi connectivity index (χ3v) is 5.07. The third-order valence-electron chi connectivity index (χ3n) is 5.07. The van der Waals surface area contributed by atoms with Crippen molar-refractivity contribution < 1.29 is 23.1 Å². The first-order valence-corrected chi connectivity index (χ1v) is 9.52. The minimum atomic E-state index is -0.700. The minimum Gasteiger partial charge on any atom is -0.496 e. The van der Waals surface area contributed by atoms with Crippen LogP contribution in [0.5, 0.6) is 5.75 Å². The van der Waals surface area contributed by atoms with Gasteiger partial charge in [-0.2, -0.15) is 0 Å². The number of amides is 1. The van der Waals surface area contributed by atoms with Crippen LogP contribution in [0.25, 0.3) is 0 Å². The second-order valence-corrected chi connectivity index (χ2v) is 7.44. The third kappa shape index (κ3) is 4.79. The topological polar surface area (TPSA) is 81.4 Å². The molecule has 2 atom stereocenters. The van der Waals surface area contributed by atoms with Gasteiger partial charge in [0.05, 0.1) is 7.11 Å². The van der Waals surface area contributed by atoms with Gasteiger partial charge in [0.25, 0.3) is 0 Å². The number of nitrogens with one attached hydrogen (secondary N) is 1. The number of methoxy groups -OCH3 is 1. The molecule has 1 aliphatic carbocycles. The van der Waals surface area contributed by atoms with Gasteiger partial charge in [0.2, 0.25) is 5.91 Å². The van der Waals surface area contributed by atoms with Crippen LogP contribution in [0.4, 0.5) is 8.78 Å². The highest BCUT2D eigenvalue weighted by molar-refractivity contribution is 6.11. The highest BCUT2D eigenvalue weighted by Crippen LogP contribution is 2.43. The number of hydrogen-bond donors (Lipinski definition) is 2. The number of hydrogen-bond acceptors (Lipinski definition) is 4. The van der Waals surface area contributed by atoms with Gasteiger partial charge in [0.1, 0.15) is 22.9 Å². The molecule has 29 heavy (non-hydrogen) atoms. The lowest BCUT2D eigenvalue weighted by atomic mass is 9.94. The summed E-state index contributed by atoms with van der Waals surface area (Å²) in [6, 6.07) is 7.63. The summed E-state index contributed by atoms with van der Waals surface area (Å²) in [5.41, 5.74) is 5.39. The largest absolute Gasteiger partial charge is 0.496 e. The number of primary amides is 1. The van der Waals surface area contributed by atoms with Crippen LogP contribution in [0.2, 0.25) is 0 Å². The Hall–Kier alpha value is -2.80. The summed E-state index contributed by atoms with van der Waals surface area (Å²) in [4.78, 5) is 24.2. The van der Waals surface area contributed by atoms with Gasteiger partial charge >= 0.3 is 0 Å². The van der Waals surface area contributed by atoms with Crippen molar-refractivity contribution in [3.8, 4) is 5.75 Å². The Morgan fingerprint density at radius 2 is 1.97 bits per heavy atom. The van der Waals surface area contributed by atoms with Crippen LogP contribution in [-0.4, -0.2) is 24.8 Å². The fourth-order valence-corrected chi connectivity index (χ4v) is 3.55. The van der Waals surface area contributed by atoms with Crippen LogP contribution in [0.15, 0.2) is 36.4 Å². The number of ketones is 1. The molecule has 7 heteroatoms. The molecule has 0 heterocycles. The number of benzene rings is 2. The number of rotatable bonds is 9. The minimum absolute atomic E-state index is 0.0392. The normalized spacial score (nSPS) is 15.6. The maximum atomic E-state index is 15.6. The molecular weight excluding hydrogens is 378 g/mol. The molecule has 0 spiro atoms. The lowest BCUT2D eigenvalue weighted by Gasteiger charge is -2.25. The molecule has 0 bridgehead atoms. The molecule has 1 fully saturated rings. The molecule has 1 amide bonds. The lowest BCUT2D eigenvalue weighted by Crippen LogP contribution is -2.35. The van der Waals surface area contributed by atoms with E-state index in [2.05, 4.69) is 5.32 Å². The average molecular weight is 402 g/mol. The van der Waals surface area contributed by atoms with Gasteiger partial charge in [-0.3, -0.25) is 9.59 Å². The highest BCUT2D eigenvalue weighted by Gasteiger charge is 2.36. The van der Waals surface area contributed by atoms with Crippen molar-refractivity contribution in [3.63, 3.8) is 0 Å². The van der Waals surface area contributed by atoms with Crippen molar-refractivity contribution in [2.45, 2.75) is 38.3 Å². The first kappa shape index (κ1) is 20.9. The summed E-state index contributed by atoms with van der Waals surface area (Å²) in [5, 5.41) is 3.27. The molecule has 3 rings (SSSR count). The maximum Gasteiger partial charge on any atom is 0.218 e. The number of carbonyl (C=O) groups is 2. The van der Waals surface area contributed by atoms with Crippen LogP contribution in [-0.2, 0) is 4.79 Å². The second kappa shape index (κ2) is 8.69. The van der Waals surface area contributed by atoms with E-state index in [9.17, 15) is 14.0 Å². The predicted octanol–water partition coefficient (Wildman–Crippen LogP) is 3.51. The van der Waals surface area contributed by atoms with Gasteiger partial charge in [-0.15, -0.1) is 0 Å². The van der Waals surface area contributed by atoms with Crippen LogP contribution < -0.4 is 15.8 Å². The van der Waals surface area contributed by atoms with Gasteiger partial charge in [0.15, 0.2) is 5.78 Å². The summed E-state index contributed by atoms with van der Waals surface area (Å²) < 4.78 is 34.4. The van der Waals surface area contributed by atoms with E-state index in [0.29, 0.717) is 5.56 Å². The molecular formula is C22H24F2N2O3. The van der Waals surface area contributed by atoms with E-state index in [1.807, 2.05) is 0 Å². The van der Waals surface area contributed by atoms with Crippen molar-refractivity contribution in [2.24, 2.45) is 11.7 Å². The van der Waals surface area contributed by atoms with Crippen LogP contribution in [0, 0.1) is 17.6 Å². The van der Waals surface area contributed by atoms with Crippen molar-refractivity contribution in [2.75, 3.05) is 7.11 Å². The van der Waals surface area contributed by atoms with Gasteiger partial charge in [-0.05, 0) is 43.9 Å². The highest BCUT2D eigenvalue weighted by atomic mass is 19.1. The van der Waals surface area contributed by atoms with Crippen LogP contribution in [0.3, 0.4) is 0 Å². The molecule has 3 N–H and O–H groups in total. The molecule has 2 aromatic rings. The van der Waals surface area contributed by atoms with Crippen molar-refractivity contribution >= 4 is 11.7 Å². The van der Waals surface area contributed by atoms with Gasteiger partial charge in [-0.25, -0.2) is 8.78 Å².